The van der Waals surface area contributed by atoms with Crippen molar-refractivity contribution in [2.45, 2.75) is 26.7 Å². The lowest BCUT2D eigenvalue weighted by atomic mass is 10.4. The van der Waals surface area contributed by atoms with Gasteiger partial charge < -0.3 is 17.0 Å². The van der Waals surface area contributed by atoms with Crippen molar-refractivity contribution in [2.75, 3.05) is 12.3 Å². The Kier molecular flexibility index (Phi) is 7.48. The van der Waals surface area contributed by atoms with Gasteiger partial charge in [0, 0.05) is 0 Å². The third-order valence-electron chi connectivity index (χ3n) is 3.71. The molecule has 108 valence electrons. The third-order valence-corrected chi connectivity index (χ3v) is 8.71. The number of hydrogen-bond acceptors (Lipinski definition) is 0. The Morgan fingerprint density at radius 1 is 0.650 bits per heavy atom. The zero-order chi connectivity index (χ0) is 13.6. The van der Waals surface area contributed by atoms with Crippen LogP contribution in [0.4, 0.5) is 0 Å². The summed E-state index contributed by atoms with van der Waals surface area (Å²) in [5.41, 5.74) is 0. The van der Waals surface area contributed by atoms with Crippen LogP contribution in [-0.4, -0.2) is 12.3 Å². The minimum Gasteiger partial charge on any atom is -1.00 e. The number of hydrogen-bond donors (Lipinski definition) is 0. The van der Waals surface area contributed by atoms with Crippen molar-refractivity contribution in [3.63, 3.8) is 0 Å². The van der Waals surface area contributed by atoms with Gasteiger partial charge in [-0.05, 0) is 37.1 Å². The molecule has 0 atom stereocenters. The predicted octanol–water partition coefficient (Wildman–Crippen LogP) is 1.48. The topological polar surface area (TPSA) is 0 Å². The zero-order valence-corrected chi connectivity index (χ0v) is 14.9. The first-order chi connectivity index (χ1) is 9.33. The van der Waals surface area contributed by atoms with E-state index in [-0.39, 0.29) is 17.0 Å². The van der Waals surface area contributed by atoms with Crippen LogP contribution in [0.25, 0.3) is 0 Å². The maximum atomic E-state index is 2.34. The highest BCUT2D eigenvalue weighted by molar-refractivity contribution is 7.89. The second-order valence-corrected chi connectivity index (χ2v) is 8.95. The van der Waals surface area contributed by atoms with Crippen LogP contribution in [0.15, 0.2) is 60.7 Å². The van der Waals surface area contributed by atoms with Crippen molar-refractivity contribution in [1.29, 1.82) is 0 Å². The molecule has 0 heterocycles. The van der Waals surface area contributed by atoms with E-state index in [1.807, 2.05) is 0 Å². The molecule has 2 heteroatoms. The molecule has 0 aromatic heterocycles. The molecule has 2 aromatic carbocycles. The molecule has 0 aliphatic carbocycles. The monoisotopic (exact) mass is 350 g/mol. The van der Waals surface area contributed by atoms with Gasteiger partial charge in [0.2, 0.25) is 0 Å². The molecule has 2 rings (SSSR count). The summed E-state index contributed by atoms with van der Waals surface area (Å²) in [6.45, 7) is 4.63. The lowest BCUT2D eigenvalue weighted by Crippen LogP contribution is -3.00. The number of halogens is 1. The van der Waals surface area contributed by atoms with Gasteiger partial charge in [-0.2, -0.15) is 0 Å². The lowest BCUT2D eigenvalue weighted by molar-refractivity contribution is -0.00000394. The average Bonchev–Trinajstić information content (AvgIpc) is 2.49. The fourth-order valence-electron chi connectivity index (χ4n) is 2.97. The Labute approximate surface area is 134 Å². The first-order valence-corrected chi connectivity index (χ1v) is 9.47. The summed E-state index contributed by atoms with van der Waals surface area (Å²) < 4.78 is 0. The van der Waals surface area contributed by atoms with Crippen molar-refractivity contribution >= 4 is 17.9 Å². The first kappa shape index (κ1) is 17.4. The molecule has 0 aliphatic heterocycles. The van der Waals surface area contributed by atoms with Crippen molar-refractivity contribution in [2.24, 2.45) is 0 Å². The SMILES string of the molecule is CCC[P+](CCC)(c1ccccc1)c1ccccc1.[Br-]. The van der Waals surface area contributed by atoms with Crippen LogP contribution in [0.5, 0.6) is 0 Å². The fraction of sp³-hybridized carbons (Fsp3) is 0.333. The normalized spacial score (nSPS) is 10.9. The second-order valence-electron chi connectivity index (χ2n) is 5.09. The molecule has 0 radical (unpaired) electrons. The standard InChI is InChI=1S/C18H24P.BrH/c1-3-15-19(16-4-2,17-11-7-5-8-12-17)18-13-9-6-10-14-18;/h5-14H,3-4,15-16H2,1-2H3;1H/q+1;/p-1. The van der Waals surface area contributed by atoms with E-state index in [0.717, 1.165) is 0 Å². The summed E-state index contributed by atoms with van der Waals surface area (Å²) in [6.07, 6.45) is 5.18. The molecule has 0 unspecified atom stereocenters. The lowest BCUT2D eigenvalue weighted by Gasteiger charge is -2.27. The van der Waals surface area contributed by atoms with E-state index >= 15 is 0 Å². The zero-order valence-electron chi connectivity index (χ0n) is 12.4. The van der Waals surface area contributed by atoms with Crippen molar-refractivity contribution < 1.29 is 17.0 Å². The first-order valence-electron chi connectivity index (χ1n) is 7.32. The summed E-state index contributed by atoms with van der Waals surface area (Å²) in [4.78, 5) is 0. The number of rotatable bonds is 6. The molecular weight excluding hydrogens is 327 g/mol. The van der Waals surface area contributed by atoms with E-state index in [0.29, 0.717) is 0 Å². The van der Waals surface area contributed by atoms with Gasteiger partial charge in [-0.3, -0.25) is 0 Å². The molecule has 2 aromatic rings. The summed E-state index contributed by atoms with van der Waals surface area (Å²) in [6, 6.07) is 22.4. The van der Waals surface area contributed by atoms with Gasteiger partial charge in [0.25, 0.3) is 0 Å². The minimum atomic E-state index is -1.20. The van der Waals surface area contributed by atoms with E-state index in [9.17, 15) is 0 Å². The Bertz CT molecular complexity index is 434. The summed E-state index contributed by atoms with van der Waals surface area (Å²) in [5.74, 6) is 0. The smallest absolute Gasteiger partial charge is 0.0991 e. The van der Waals surface area contributed by atoms with Gasteiger partial charge in [0.1, 0.15) is 0 Å². The predicted molar refractivity (Wildman–Crippen MR) is 89.4 cm³/mol. The van der Waals surface area contributed by atoms with Crippen LogP contribution in [0, 0.1) is 0 Å². The summed E-state index contributed by atoms with van der Waals surface area (Å²) in [5, 5.41) is 3.15. The van der Waals surface area contributed by atoms with Gasteiger partial charge >= 0.3 is 0 Å². The second kappa shape index (κ2) is 8.60. The van der Waals surface area contributed by atoms with E-state index < -0.39 is 7.26 Å². The van der Waals surface area contributed by atoms with Gasteiger partial charge in [-0.15, -0.1) is 0 Å². The molecule has 0 fully saturated rings. The van der Waals surface area contributed by atoms with E-state index in [1.54, 1.807) is 10.6 Å². The highest BCUT2D eigenvalue weighted by Gasteiger charge is 2.40. The average molecular weight is 351 g/mol. The molecule has 0 saturated carbocycles. The fourth-order valence-corrected chi connectivity index (χ4v) is 7.53. The summed E-state index contributed by atoms with van der Waals surface area (Å²) in [7, 11) is -1.20. The Morgan fingerprint density at radius 2 is 1.00 bits per heavy atom. The minimum absolute atomic E-state index is 0. The Hall–Kier alpha value is -0.650. The quantitative estimate of drug-likeness (QED) is 0.692. The molecule has 20 heavy (non-hydrogen) atoms. The molecule has 0 nitrogen and oxygen atoms in total. The molecule has 0 amide bonds. The van der Waals surface area contributed by atoms with Crippen LogP contribution in [0.3, 0.4) is 0 Å². The Morgan fingerprint density at radius 3 is 1.30 bits per heavy atom. The van der Waals surface area contributed by atoms with Crippen molar-refractivity contribution in [3.05, 3.63) is 60.7 Å². The van der Waals surface area contributed by atoms with Gasteiger partial charge in [-0.1, -0.05) is 50.2 Å². The number of benzene rings is 2. The van der Waals surface area contributed by atoms with E-state index in [1.165, 1.54) is 25.2 Å². The van der Waals surface area contributed by atoms with Crippen LogP contribution in [-0.2, 0) is 0 Å². The molecular formula is C18H24BrP. The van der Waals surface area contributed by atoms with Crippen LogP contribution in [0.2, 0.25) is 0 Å². The summed E-state index contributed by atoms with van der Waals surface area (Å²) >= 11 is 0. The highest BCUT2D eigenvalue weighted by atomic mass is 79.9. The Balaban J connectivity index is 0.00000200. The molecule has 0 N–H and O–H groups in total. The molecule has 0 aliphatic rings. The van der Waals surface area contributed by atoms with Crippen molar-refractivity contribution in [1.82, 2.24) is 0 Å². The van der Waals surface area contributed by atoms with Crippen LogP contribution in [0.1, 0.15) is 26.7 Å². The van der Waals surface area contributed by atoms with Gasteiger partial charge in [0.05, 0.1) is 30.2 Å². The molecule has 0 bridgehead atoms. The van der Waals surface area contributed by atoms with E-state index in [4.69, 9.17) is 0 Å². The maximum Gasteiger partial charge on any atom is 0.0991 e. The molecule has 0 spiro atoms. The van der Waals surface area contributed by atoms with Gasteiger partial charge in [-0.25, -0.2) is 0 Å². The van der Waals surface area contributed by atoms with Crippen LogP contribution < -0.4 is 27.6 Å². The molecule has 0 saturated heterocycles. The van der Waals surface area contributed by atoms with Crippen molar-refractivity contribution in [3.8, 4) is 0 Å². The van der Waals surface area contributed by atoms with Gasteiger partial charge in [0.15, 0.2) is 0 Å². The van der Waals surface area contributed by atoms with Crippen LogP contribution >= 0.6 is 7.26 Å². The van der Waals surface area contributed by atoms with E-state index in [2.05, 4.69) is 74.5 Å². The third kappa shape index (κ3) is 3.71. The largest absolute Gasteiger partial charge is 1.00 e. The maximum absolute atomic E-state index is 2.34. The highest BCUT2D eigenvalue weighted by Crippen LogP contribution is 2.57.